The van der Waals surface area contributed by atoms with Gasteiger partial charge in [0, 0.05) is 0 Å². The SMILES string of the molecule is C#CC(CC)NC(C#N)CC. The van der Waals surface area contributed by atoms with Crippen molar-refractivity contribution >= 4 is 0 Å². The van der Waals surface area contributed by atoms with Gasteiger partial charge in [-0.25, -0.2) is 0 Å². The maximum absolute atomic E-state index is 8.58. The lowest BCUT2D eigenvalue weighted by Gasteiger charge is -2.13. The highest BCUT2D eigenvalue weighted by Crippen LogP contribution is 1.94. The van der Waals surface area contributed by atoms with Gasteiger partial charge in [0.25, 0.3) is 0 Å². The molecule has 0 spiro atoms. The van der Waals surface area contributed by atoms with Crippen LogP contribution in [0.3, 0.4) is 0 Å². The molecule has 1 N–H and O–H groups in total. The van der Waals surface area contributed by atoms with Gasteiger partial charge in [0.15, 0.2) is 0 Å². The second kappa shape index (κ2) is 5.77. The maximum Gasteiger partial charge on any atom is 0.0959 e. The lowest BCUT2D eigenvalue weighted by molar-refractivity contribution is 0.525. The zero-order valence-electron chi connectivity index (χ0n) is 7.09. The van der Waals surface area contributed by atoms with Crippen LogP contribution < -0.4 is 5.32 Å². The number of rotatable bonds is 4. The van der Waals surface area contributed by atoms with Gasteiger partial charge in [-0.3, -0.25) is 5.32 Å². The molecule has 0 bridgehead atoms. The fourth-order valence-electron chi connectivity index (χ4n) is 0.773. The van der Waals surface area contributed by atoms with Crippen LogP contribution in [-0.4, -0.2) is 12.1 Å². The van der Waals surface area contributed by atoms with E-state index in [1.54, 1.807) is 0 Å². The van der Waals surface area contributed by atoms with Gasteiger partial charge in [-0.05, 0) is 12.8 Å². The molecular formula is C9H14N2. The fraction of sp³-hybridized carbons (Fsp3) is 0.667. The summed E-state index contributed by atoms with van der Waals surface area (Å²) >= 11 is 0. The topological polar surface area (TPSA) is 35.8 Å². The third-order valence-corrected chi connectivity index (χ3v) is 1.58. The zero-order valence-corrected chi connectivity index (χ0v) is 7.09. The Morgan fingerprint density at radius 1 is 1.36 bits per heavy atom. The molecule has 11 heavy (non-hydrogen) atoms. The Hall–Kier alpha value is -0.990. The first-order valence-electron chi connectivity index (χ1n) is 3.90. The van der Waals surface area contributed by atoms with E-state index in [2.05, 4.69) is 17.3 Å². The second-order valence-corrected chi connectivity index (χ2v) is 2.38. The molecule has 2 nitrogen and oxygen atoms in total. The summed E-state index contributed by atoms with van der Waals surface area (Å²) in [4.78, 5) is 0. The lowest BCUT2D eigenvalue weighted by Crippen LogP contribution is -2.35. The van der Waals surface area contributed by atoms with Gasteiger partial charge in [0.2, 0.25) is 0 Å². The van der Waals surface area contributed by atoms with E-state index in [1.165, 1.54) is 0 Å². The van der Waals surface area contributed by atoms with Crippen LogP contribution in [0.2, 0.25) is 0 Å². The largest absolute Gasteiger partial charge is 0.288 e. The molecule has 0 aliphatic heterocycles. The van der Waals surface area contributed by atoms with E-state index < -0.39 is 0 Å². The molecule has 0 aliphatic rings. The Morgan fingerprint density at radius 3 is 2.18 bits per heavy atom. The minimum Gasteiger partial charge on any atom is -0.288 e. The summed E-state index contributed by atoms with van der Waals surface area (Å²) in [6.07, 6.45) is 6.89. The molecule has 0 aromatic carbocycles. The van der Waals surface area contributed by atoms with Crippen LogP contribution in [-0.2, 0) is 0 Å². The van der Waals surface area contributed by atoms with Gasteiger partial charge in [-0.15, -0.1) is 6.42 Å². The van der Waals surface area contributed by atoms with E-state index in [0.29, 0.717) is 0 Å². The number of nitrogens with one attached hydrogen (secondary N) is 1. The van der Waals surface area contributed by atoms with Crippen molar-refractivity contribution in [1.82, 2.24) is 5.32 Å². The molecule has 0 heterocycles. The molecule has 0 rings (SSSR count). The molecule has 2 unspecified atom stereocenters. The van der Waals surface area contributed by atoms with Gasteiger partial charge >= 0.3 is 0 Å². The van der Waals surface area contributed by atoms with Crippen molar-refractivity contribution in [3.8, 4) is 18.4 Å². The summed E-state index contributed by atoms with van der Waals surface area (Å²) in [7, 11) is 0. The van der Waals surface area contributed by atoms with E-state index in [0.717, 1.165) is 12.8 Å². The summed E-state index contributed by atoms with van der Waals surface area (Å²) < 4.78 is 0. The Kier molecular flexibility index (Phi) is 5.25. The molecule has 60 valence electrons. The van der Waals surface area contributed by atoms with Crippen molar-refractivity contribution in [1.29, 1.82) is 5.26 Å². The van der Waals surface area contributed by atoms with Crippen molar-refractivity contribution in [3.05, 3.63) is 0 Å². The highest BCUT2D eigenvalue weighted by Gasteiger charge is 2.07. The molecule has 0 aromatic heterocycles. The molecule has 2 atom stereocenters. The molecule has 0 aromatic rings. The van der Waals surface area contributed by atoms with Gasteiger partial charge in [-0.2, -0.15) is 5.26 Å². The zero-order chi connectivity index (χ0) is 8.69. The van der Waals surface area contributed by atoms with Gasteiger partial charge in [0.05, 0.1) is 18.2 Å². The van der Waals surface area contributed by atoms with Crippen LogP contribution in [0, 0.1) is 23.7 Å². The molecule has 0 aliphatic carbocycles. The van der Waals surface area contributed by atoms with Crippen molar-refractivity contribution in [2.75, 3.05) is 0 Å². The fourth-order valence-corrected chi connectivity index (χ4v) is 0.773. The number of nitriles is 1. The molecule has 0 saturated carbocycles. The average Bonchev–Trinajstić information content (AvgIpc) is 2.07. The third-order valence-electron chi connectivity index (χ3n) is 1.58. The third kappa shape index (κ3) is 3.65. The first-order valence-corrected chi connectivity index (χ1v) is 3.90. The number of hydrogen-bond acceptors (Lipinski definition) is 2. The monoisotopic (exact) mass is 150 g/mol. The number of nitrogens with zero attached hydrogens (tertiary/aromatic N) is 1. The highest BCUT2D eigenvalue weighted by atomic mass is 14.9. The first kappa shape index (κ1) is 10.0. The van der Waals surface area contributed by atoms with E-state index in [9.17, 15) is 0 Å². The van der Waals surface area contributed by atoms with E-state index in [1.807, 2.05) is 13.8 Å². The lowest BCUT2D eigenvalue weighted by atomic mass is 10.2. The minimum atomic E-state index is -0.101. The average molecular weight is 150 g/mol. The standard InChI is InChI=1S/C9H14N2/c1-4-8(5-2)11-9(6-3)7-10/h1,8-9,11H,5-6H2,2-3H3. The molecule has 0 amide bonds. The van der Waals surface area contributed by atoms with E-state index in [-0.39, 0.29) is 12.1 Å². The molecule has 0 saturated heterocycles. The first-order chi connectivity index (χ1) is 5.28. The second-order valence-electron chi connectivity index (χ2n) is 2.38. The van der Waals surface area contributed by atoms with Crippen LogP contribution in [0.1, 0.15) is 26.7 Å². The van der Waals surface area contributed by atoms with Crippen LogP contribution in [0.25, 0.3) is 0 Å². The summed E-state index contributed by atoms with van der Waals surface area (Å²) in [5.74, 6) is 2.59. The van der Waals surface area contributed by atoms with Crippen LogP contribution in [0.4, 0.5) is 0 Å². The Morgan fingerprint density at radius 2 is 1.91 bits per heavy atom. The Balaban J connectivity index is 3.82. The summed E-state index contributed by atoms with van der Waals surface area (Å²) in [5.41, 5.74) is 0. The summed E-state index contributed by atoms with van der Waals surface area (Å²) in [5, 5.41) is 11.6. The maximum atomic E-state index is 8.58. The van der Waals surface area contributed by atoms with Gasteiger partial charge in [0.1, 0.15) is 0 Å². The molecular weight excluding hydrogens is 136 g/mol. The normalized spacial score (nSPS) is 14.5. The predicted octanol–water partition coefficient (Wildman–Crippen LogP) is 1.29. The van der Waals surface area contributed by atoms with Crippen molar-refractivity contribution < 1.29 is 0 Å². The van der Waals surface area contributed by atoms with Gasteiger partial charge < -0.3 is 0 Å². The van der Waals surface area contributed by atoms with E-state index in [4.69, 9.17) is 11.7 Å². The predicted molar refractivity (Wildman–Crippen MR) is 45.7 cm³/mol. The molecule has 0 fully saturated rings. The van der Waals surface area contributed by atoms with Crippen LogP contribution in [0.15, 0.2) is 0 Å². The number of hydrogen-bond donors (Lipinski definition) is 1. The van der Waals surface area contributed by atoms with Crippen LogP contribution >= 0.6 is 0 Å². The number of terminal acetylenes is 1. The summed E-state index contributed by atoms with van der Waals surface area (Å²) in [6.45, 7) is 3.96. The Labute approximate surface area is 68.6 Å². The smallest absolute Gasteiger partial charge is 0.0959 e. The van der Waals surface area contributed by atoms with Crippen molar-refractivity contribution in [2.24, 2.45) is 0 Å². The van der Waals surface area contributed by atoms with Crippen molar-refractivity contribution in [3.63, 3.8) is 0 Å². The van der Waals surface area contributed by atoms with Gasteiger partial charge in [-0.1, -0.05) is 19.8 Å². The molecule has 0 radical (unpaired) electrons. The minimum absolute atomic E-state index is 0.0413. The highest BCUT2D eigenvalue weighted by molar-refractivity contribution is 5.02. The van der Waals surface area contributed by atoms with Crippen molar-refractivity contribution in [2.45, 2.75) is 38.8 Å². The quantitative estimate of drug-likeness (QED) is 0.613. The van der Waals surface area contributed by atoms with E-state index >= 15 is 0 Å². The van der Waals surface area contributed by atoms with Crippen LogP contribution in [0.5, 0.6) is 0 Å². The Bertz CT molecular complexity index is 153. The summed E-state index contributed by atoms with van der Waals surface area (Å²) in [6, 6.07) is 2.08. The molecule has 2 heteroatoms.